The van der Waals surface area contributed by atoms with Crippen LogP contribution < -0.4 is 0 Å². The highest BCUT2D eigenvalue weighted by Crippen LogP contribution is 2.11. The lowest BCUT2D eigenvalue weighted by molar-refractivity contribution is -0.129. The van der Waals surface area contributed by atoms with Gasteiger partial charge in [0.1, 0.15) is 0 Å². The molecule has 23 heavy (non-hydrogen) atoms. The van der Waals surface area contributed by atoms with Crippen LogP contribution in [0, 0.1) is 6.92 Å². The summed E-state index contributed by atoms with van der Waals surface area (Å²) in [7, 11) is 2.03. The number of aliphatic carboxylic acids is 1. The minimum atomic E-state index is -1.25. The van der Waals surface area contributed by atoms with Crippen LogP contribution in [0.1, 0.15) is 22.3 Å². The van der Waals surface area contributed by atoms with E-state index < -0.39 is 5.97 Å². The zero-order valence-corrected chi connectivity index (χ0v) is 13.2. The lowest BCUT2D eigenvalue weighted by atomic mass is 10.1. The van der Waals surface area contributed by atoms with Crippen LogP contribution in [0.5, 0.6) is 0 Å². The van der Waals surface area contributed by atoms with Crippen molar-refractivity contribution in [3.05, 3.63) is 70.8 Å². The van der Waals surface area contributed by atoms with Gasteiger partial charge in [-0.25, -0.2) is 4.79 Å². The molecule has 0 atom stereocenters. The maximum atomic E-state index is 10.9. The molecule has 2 aromatic rings. The molecule has 0 radical (unpaired) electrons. The number of aryl methyl sites for hydroxylation is 1. The number of carbonyl (C=O) groups is 1. The third-order valence-corrected chi connectivity index (χ3v) is 3.56. The Hall–Kier alpha value is -2.66. The Balaban J connectivity index is 2.00. The van der Waals surface area contributed by atoms with Gasteiger partial charge >= 0.3 is 5.97 Å². The van der Waals surface area contributed by atoms with Gasteiger partial charge in [-0.2, -0.15) is 0 Å². The molecule has 5 heteroatoms. The van der Waals surface area contributed by atoms with Crippen molar-refractivity contribution in [1.82, 2.24) is 4.90 Å². The molecule has 0 fully saturated rings. The second-order valence-electron chi connectivity index (χ2n) is 5.61. The zero-order chi connectivity index (χ0) is 16.8. The third kappa shape index (κ3) is 4.66. The first-order chi connectivity index (χ1) is 11.0. The van der Waals surface area contributed by atoms with Crippen LogP contribution >= 0.6 is 0 Å². The van der Waals surface area contributed by atoms with E-state index >= 15 is 0 Å². The van der Waals surface area contributed by atoms with Gasteiger partial charge in [-0.05, 0) is 25.1 Å². The van der Waals surface area contributed by atoms with E-state index in [1.807, 2.05) is 19.2 Å². The molecule has 0 saturated carbocycles. The number of hydrogen-bond acceptors (Lipinski definition) is 4. The fourth-order valence-corrected chi connectivity index (χ4v) is 2.36. The van der Waals surface area contributed by atoms with E-state index in [1.54, 1.807) is 12.1 Å². The maximum absolute atomic E-state index is 10.9. The van der Waals surface area contributed by atoms with E-state index in [-0.39, 0.29) is 5.71 Å². The SMILES string of the molecule is Cc1ccc(CN(C)Cc2ccc(/C(=N/O)C(=O)O)cc2)cc1. The lowest BCUT2D eigenvalue weighted by Gasteiger charge is -2.17. The molecule has 0 heterocycles. The smallest absolute Gasteiger partial charge is 0.358 e. The van der Waals surface area contributed by atoms with Crippen LogP contribution in [0.3, 0.4) is 0 Å². The second kappa shape index (κ2) is 7.56. The van der Waals surface area contributed by atoms with E-state index in [0.29, 0.717) is 5.56 Å². The third-order valence-electron chi connectivity index (χ3n) is 3.56. The summed E-state index contributed by atoms with van der Waals surface area (Å²) in [5, 5.41) is 20.5. The Morgan fingerprint density at radius 3 is 1.91 bits per heavy atom. The summed E-state index contributed by atoms with van der Waals surface area (Å²) in [5.74, 6) is -1.25. The molecule has 120 valence electrons. The summed E-state index contributed by atoms with van der Waals surface area (Å²) in [6, 6.07) is 15.4. The van der Waals surface area contributed by atoms with E-state index in [4.69, 9.17) is 10.3 Å². The van der Waals surface area contributed by atoms with Crippen LogP contribution in [-0.2, 0) is 17.9 Å². The van der Waals surface area contributed by atoms with Gasteiger partial charge in [-0.1, -0.05) is 59.3 Å². The Labute approximate surface area is 135 Å². The predicted octanol–water partition coefficient (Wildman–Crippen LogP) is 2.89. The summed E-state index contributed by atoms with van der Waals surface area (Å²) in [6.07, 6.45) is 0. The molecule has 0 aliphatic rings. The molecule has 2 N–H and O–H groups in total. The fourth-order valence-electron chi connectivity index (χ4n) is 2.36. The van der Waals surface area contributed by atoms with Gasteiger partial charge in [-0.3, -0.25) is 4.90 Å². The first kappa shape index (κ1) is 16.7. The van der Waals surface area contributed by atoms with E-state index in [0.717, 1.165) is 18.7 Å². The van der Waals surface area contributed by atoms with E-state index in [2.05, 4.69) is 41.2 Å². The van der Waals surface area contributed by atoms with Gasteiger partial charge in [-0.15, -0.1) is 0 Å². The number of nitrogens with zero attached hydrogens (tertiary/aromatic N) is 2. The van der Waals surface area contributed by atoms with Crippen molar-refractivity contribution in [3.63, 3.8) is 0 Å². The molecular formula is C18H20N2O3. The monoisotopic (exact) mass is 312 g/mol. The van der Waals surface area contributed by atoms with Gasteiger partial charge in [0.15, 0.2) is 5.71 Å². The maximum Gasteiger partial charge on any atom is 0.358 e. The molecule has 0 unspecified atom stereocenters. The minimum absolute atomic E-state index is 0.357. The second-order valence-corrected chi connectivity index (χ2v) is 5.61. The number of rotatable bonds is 6. The van der Waals surface area contributed by atoms with Gasteiger partial charge < -0.3 is 10.3 Å². The summed E-state index contributed by atoms with van der Waals surface area (Å²) in [6.45, 7) is 3.64. The molecule has 0 bridgehead atoms. The van der Waals surface area contributed by atoms with Gasteiger partial charge in [0.05, 0.1) is 0 Å². The van der Waals surface area contributed by atoms with Crippen molar-refractivity contribution in [3.8, 4) is 0 Å². The normalized spacial score (nSPS) is 11.7. The summed E-state index contributed by atoms with van der Waals surface area (Å²) in [5.41, 5.74) is 3.57. The number of benzene rings is 2. The van der Waals surface area contributed by atoms with Gasteiger partial charge in [0.25, 0.3) is 0 Å². The molecule has 5 nitrogen and oxygen atoms in total. The molecule has 0 aliphatic carbocycles. The average molecular weight is 312 g/mol. The molecule has 0 saturated heterocycles. The molecule has 2 aromatic carbocycles. The van der Waals surface area contributed by atoms with E-state index in [9.17, 15) is 4.79 Å². The van der Waals surface area contributed by atoms with Crippen molar-refractivity contribution in [2.24, 2.45) is 5.16 Å². The topological polar surface area (TPSA) is 73.1 Å². The number of carboxylic acid groups (broad SMARTS) is 1. The Kier molecular flexibility index (Phi) is 5.49. The largest absolute Gasteiger partial charge is 0.476 e. The zero-order valence-electron chi connectivity index (χ0n) is 13.2. The van der Waals surface area contributed by atoms with Gasteiger partial charge in [0.2, 0.25) is 0 Å². The van der Waals surface area contributed by atoms with Crippen LogP contribution in [0.15, 0.2) is 53.7 Å². The molecule has 0 spiro atoms. The summed E-state index contributed by atoms with van der Waals surface area (Å²) >= 11 is 0. The minimum Gasteiger partial charge on any atom is -0.476 e. The predicted molar refractivity (Wildman–Crippen MR) is 88.8 cm³/mol. The highest BCUT2D eigenvalue weighted by Gasteiger charge is 2.13. The fraction of sp³-hybridized carbons (Fsp3) is 0.222. The molecule has 0 aromatic heterocycles. The summed E-state index contributed by atoms with van der Waals surface area (Å²) in [4.78, 5) is 13.1. The first-order valence-corrected chi connectivity index (χ1v) is 7.28. The average Bonchev–Trinajstić information content (AvgIpc) is 2.51. The molecule has 0 aliphatic heterocycles. The molecule has 2 rings (SSSR count). The number of oxime groups is 1. The van der Waals surface area contributed by atoms with E-state index in [1.165, 1.54) is 11.1 Å². The van der Waals surface area contributed by atoms with Crippen molar-refractivity contribution < 1.29 is 15.1 Å². The van der Waals surface area contributed by atoms with Crippen LogP contribution in [0.25, 0.3) is 0 Å². The van der Waals surface area contributed by atoms with Crippen molar-refractivity contribution in [2.75, 3.05) is 7.05 Å². The standard InChI is InChI=1S/C18H20N2O3/c1-13-3-5-14(6-4-13)11-20(2)12-15-7-9-16(10-8-15)17(19-23)18(21)22/h3-10,23H,11-12H2,1-2H3,(H,21,22)/b19-17-. The van der Waals surface area contributed by atoms with Crippen LogP contribution in [0.4, 0.5) is 0 Å². The van der Waals surface area contributed by atoms with Crippen LogP contribution in [-0.4, -0.2) is 33.9 Å². The molecule has 0 amide bonds. The lowest BCUT2D eigenvalue weighted by Crippen LogP contribution is -2.18. The Bertz CT molecular complexity index is 691. The van der Waals surface area contributed by atoms with Gasteiger partial charge in [0, 0.05) is 18.7 Å². The number of carboxylic acids is 1. The van der Waals surface area contributed by atoms with Crippen LogP contribution in [0.2, 0.25) is 0 Å². The number of hydrogen-bond donors (Lipinski definition) is 2. The van der Waals surface area contributed by atoms with Crippen molar-refractivity contribution >= 4 is 11.7 Å². The quantitative estimate of drug-likeness (QED) is 0.489. The Morgan fingerprint density at radius 1 is 1.00 bits per heavy atom. The van der Waals surface area contributed by atoms with Crippen molar-refractivity contribution in [2.45, 2.75) is 20.0 Å². The summed E-state index contributed by atoms with van der Waals surface area (Å²) < 4.78 is 0. The molecular weight excluding hydrogens is 292 g/mol. The first-order valence-electron chi connectivity index (χ1n) is 7.28. The highest BCUT2D eigenvalue weighted by molar-refractivity contribution is 6.42. The van der Waals surface area contributed by atoms with Crippen molar-refractivity contribution in [1.29, 1.82) is 0 Å². The Morgan fingerprint density at radius 2 is 1.48 bits per heavy atom. The highest BCUT2D eigenvalue weighted by atomic mass is 16.4.